The molecule has 16 nitrogen and oxygen atoms in total. The molecule has 7 rings (SSSR count). The minimum Gasteiger partial charge on any atom is -0.394 e. The van der Waals surface area contributed by atoms with Crippen molar-refractivity contribution in [3.63, 3.8) is 0 Å². The minimum absolute atomic E-state index is 0.0755. The summed E-state index contributed by atoms with van der Waals surface area (Å²) in [6, 6.07) is 0. The van der Waals surface area contributed by atoms with Gasteiger partial charge in [0, 0.05) is 7.11 Å². The number of ketones is 1. The maximum atomic E-state index is 13.0. The lowest BCUT2D eigenvalue weighted by Crippen LogP contribution is -2.66. The first-order chi connectivity index (χ1) is 26.5. The lowest BCUT2D eigenvalue weighted by Gasteiger charge is -2.58. The van der Waals surface area contributed by atoms with Crippen LogP contribution in [0.4, 0.5) is 0 Å². The van der Waals surface area contributed by atoms with Gasteiger partial charge in [0.05, 0.1) is 24.9 Å². The molecule has 0 radical (unpaired) electrons. The van der Waals surface area contributed by atoms with E-state index in [1.54, 1.807) is 7.11 Å². The summed E-state index contributed by atoms with van der Waals surface area (Å²) in [7, 11) is 1.55. The second-order valence-corrected chi connectivity index (χ2v) is 17.7. The first-order valence-electron chi connectivity index (χ1n) is 20.3. The van der Waals surface area contributed by atoms with Crippen molar-refractivity contribution < 1.29 is 78.8 Å². The van der Waals surface area contributed by atoms with Gasteiger partial charge in [0.25, 0.3) is 0 Å². The van der Waals surface area contributed by atoms with E-state index < -0.39 is 105 Å². The van der Waals surface area contributed by atoms with Gasteiger partial charge in [0.15, 0.2) is 24.7 Å². The summed E-state index contributed by atoms with van der Waals surface area (Å²) in [5.74, 6) is 1.31. The van der Waals surface area contributed by atoms with Gasteiger partial charge < -0.3 is 74.0 Å². The van der Waals surface area contributed by atoms with Crippen LogP contribution in [0.25, 0.3) is 0 Å². The smallest absolute Gasteiger partial charge is 0.187 e. The number of aliphatic hydroxyl groups is 8. The minimum atomic E-state index is -1.72. The highest BCUT2D eigenvalue weighted by Crippen LogP contribution is 2.65. The van der Waals surface area contributed by atoms with Crippen molar-refractivity contribution in [3.05, 3.63) is 23.3 Å². The van der Waals surface area contributed by atoms with Crippen LogP contribution in [0.1, 0.15) is 72.6 Å². The van der Waals surface area contributed by atoms with Crippen LogP contribution < -0.4 is 0 Å². The maximum Gasteiger partial charge on any atom is 0.187 e. The zero-order valence-corrected chi connectivity index (χ0v) is 32.8. The van der Waals surface area contributed by atoms with Gasteiger partial charge in [0.2, 0.25) is 0 Å². The molecule has 3 heterocycles. The molecule has 0 spiro atoms. The van der Waals surface area contributed by atoms with Crippen LogP contribution >= 0.6 is 0 Å². The molecule has 0 amide bonds. The van der Waals surface area contributed by atoms with Crippen LogP contribution in [0, 0.1) is 28.6 Å². The number of ether oxygens (including phenoxy) is 7. The fraction of sp³-hybridized carbons (Fsp3) is 0.875. The molecule has 0 aromatic heterocycles. The molecular weight excluding hydrogens is 736 g/mol. The predicted octanol–water partition coefficient (Wildman–Crippen LogP) is -0.410. The summed E-state index contributed by atoms with van der Waals surface area (Å²) >= 11 is 0. The largest absolute Gasteiger partial charge is 0.394 e. The molecule has 16 heteroatoms. The summed E-state index contributed by atoms with van der Waals surface area (Å²) in [6.45, 7) is 6.99. The molecular formula is C40H62O16. The van der Waals surface area contributed by atoms with E-state index in [1.165, 1.54) is 19.4 Å². The second kappa shape index (κ2) is 16.5. The first kappa shape index (κ1) is 42.7. The molecule has 3 aliphatic heterocycles. The topological polar surface area (TPSA) is 244 Å². The van der Waals surface area contributed by atoms with Gasteiger partial charge in [-0.1, -0.05) is 31.6 Å². The number of allylic oxidation sites excluding steroid dienone is 2. The summed E-state index contributed by atoms with van der Waals surface area (Å²) in [5, 5.41) is 85.3. The van der Waals surface area contributed by atoms with Gasteiger partial charge in [0.1, 0.15) is 67.6 Å². The van der Waals surface area contributed by atoms with E-state index >= 15 is 0 Å². The number of carbonyl (C=O) groups excluding carboxylic acids is 1. The Labute approximate surface area is 327 Å². The molecule has 3 saturated heterocycles. The molecule has 4 aliphatic carbocycles. The number of Topliss-reactive ketones (excluding diaryl/α,β-unsaturated/α-hetero) is 1. The van der Waals surface area contributed by atoms with Crippen molar-refractivity contribution in [2.24, 2.45) is 28.6 Å². The average molecular weight is 799 g/mol. The number of rotatable bonds is 10. The summed E-state index contributed by atoms with van der Waals surface area (Å²) < 4.78 is 41.5. The van der Waals surface area contributed by atoms with E-state index in [1.807, 2.05) is 0 Å². The van der Waals surface area contributed by atoms with E-state index in [4.69, 9.17) is 33.2 Å². The van der Waals surface area contributed by atoms with Crippen LogP contribution in [-0.2, 0) is 38.0 Å². The van der Waals surface area contributed by atoms with Gasteiger partial charge in [-0.05, 0) is 93.0 Å². The number of fused-ring (bicyclic) bond motifs is 5. The van der Waals surface area contributed by atoms with Crippen LogP contribution in [0.3, 0.4) is 0 Å². The Morgan fingerprint density at radius 1 is 0.714 bits per heavy atom. The second-order valence-electron chi connectivity index (χ2n) is 17.7. The fourth-order valence-corrected chi connectivity index (χ4v) is 11.2. The van der Waals surface area contributed by atoms with Gasteiger partial charge in [-0.2, -0.15) is 0 Å². The Bertz CT molecular complexity index is 1480. The third-order valence-electron chi connectivity index (χ3n) is 14.5. The molecule has 7 aliphatic rings. The molecule has 2 saturated carbocycles. The third-order valence-corrected chi connectivity index (χ3v) is 14.5. The first-order valence-corrected chi connectivity index (χ1v) is 20.3. The number of aliphatic hydroxyl groups excluding tert-OH is 8. The predicted molar refractivity (Wildman–Crippen MR) is 193 cm³/mol. The van der Waals surface area contributed by atoms with Crippen molar-refractivity contribution in [3.8, 4) is 0 Å². The van der Waals surface area contributed by atoms with E-state index in [0.717, 1.165) is 37.7 Å². The summed E-state index contributed by atoms with van der Waals surface area (Å²) in [4.78, 5) is 13.0. The zero-order valence-electron chi connectivity index (χ0n) is 32.8. The van der Waals surface area contributed by atoms with Crippen molar-refractivity contribution in [1.82, 2.24) is 0 Å². The SMILES string of the molecule is COCC(=O)C1=CC[C@H]2[C@@H]3CC=C4C[C@@H](O[C@@H]5O[C@H](CO)[C@@H](O[C@@H]6O[C@@H](C)[C@H](O)[C@@H](O)[C@H]6O)[C@H](O)[C@H]5O[C@@H]5O[C@@H](C)[C@H](O)[C@@H](O)[C@H]5O)CC[C@]4(C)[C@H]3CC[C@]12C. The molecule has 0 bridgehead atoms. The van der Waals surface area contributed by atoms with Crippen LogP contribution in [0.2, 0.25) is 0 Å². The summed E-state index contributed by atoms with van der Waals surface area (Å²) in [6.07, 6.45) is -11.8. The molecule has 0 aromatic carbocycles. The highest BCUT2D eigenvalue weighted by atomic mass is 16.8. The molecule has 0 aromatic rings. The van der Waals surface area contributed by atoms with Crippen molar-refractivity contribution in [1.29, 1.82) is 0 Å². The Morgan fingerprint density at radius 3 is 1.93 bits per heavy atom. The Kier molecular flexibility index (Phi) is 12.6. The quantitative estimate of drug-likeness (QED) is 0.131. The van der Waals surface area contributed by atoms with Crippen molar-refractivity contribution in [2.45, 2.75) is 171 Å². The van der Waals surface area contributed by atoms with Gasteiger partial charge in [-0.25, -0.2) is 0 Å². The Hall–Kier alpha value is -1.45. The Morgan fingerprint density at radius 2 is 1.32 bits per heavy atom. The molecule has 8 N–H and O–H groups in total. The van der Waals surface area contributed by atoms with Crippen LogP contribution in [0.5, 0.6) is 0 Å². The van der Waals surface area contributed by atoms with Gasteiger partial charge in [-0.15, -0.1) is 0 Å². The van der Waals surface area contributed by atoms with E-state index in [0.29, 0.717) is 30.6 Å². The number of hydrogen-bond acceptors (Lipinski definition) is 16. The number of carbonyl (C=O) groups is 1. The monoisotopic (exact) mass is 798 g/mol. The highest BCUT2D eigenvalue weighted by Gasteiger charge is 2.59. The average Bonchev–Trinajstić information content (AvgIpc) is 3.53. The van der Waals surface area contributed by atoms with Crippen molar-refractivity contribution >= 4 is 5.78 Å². The third kappa shape index (κ3) is 7.38. The molecule has 21 atom stereocenters. The van der Waals surface area contributed by atoms with Crippen molar-refractivity contribution in [2.75, 3.05) is 20.3 Å². The van der Waals surface area contributed by atoms with E-state index in [-0.39, 0.29) is 23.2 Å². The summed E-state index contributed by atoms with van der Waals surface area (Å²) in [5.41, 5.74) is 1.95. The molecule has 318 valence electrons. The number of methoxy groups -OCH3 is 1. The van der Waals surface area contributed by atoms with Crippen LogP contribution in [0.15, 0.2) is 23.3 Å². The molecule has 0 unspecified atom stereocenters. The normalized spacial score (nSPS) is 52.0. The lowest BCUT2D eigenvalue weighted by atomic mass is 9.47. The van der Waals surface area contributed by atoms with E-state index in [2.05, 4.69) is 26.0 Å². The van der Waals surface area contributed by atoms with Gasteiger partial charge >= 0.3 is 0 Å². The lowest BCUT2D eigenvalue weighted by molar-refractivity contribution is -0.388. The molecule has 5 fully saturated rings. The molecule has 56 heavy (non-hydrogen) atoms. The number of hydrogen-bond donors (Lipinski definition) is 8. The van der Waals surface area contributed by atoms with Crippen LogP contribution in [-0.4, -0.2) is 165 Å². The van der Waals surface area contributed by atoms with E-state index in [9.17, 15) is 45.6 Å². The van der Waals surface area contributed by atoms with Gasteiger partial charge in [-0.3, -0.25) is 4.79 Å². The Balaban J connectivity index is 1.09. The highest BCUT2D eigenvalue weighted by molar-refractivity contribution is 5.98. The zero-order chi connectivity index (χ0) is 40.4. The fourth-order valence-electron chi connectivity index (χ4n) is 11.2. The maximum absolute atomic E-state index is 13.0. The standard InChI is InChI=1S/C40H62O16/c1-17-27(43)29(45)31(47)36(51-17)55-34-26(15-41)54-38(35(33(34)49)56-37-32(48)30(46)28(44)18(2)52-37)53-20-10-12-39(3)19(14-20)6-7-21-22-8-9-24(25(42)16-50-5)40(22,4)13-11-23(21)39/h6,9,17-18,20-23,26-38,41,43-49H,7-8,10-16H2,1-5H3/t17-,18-,20-,21-,22-,23-,26+,27-,28-,29+,30+,31+,32+,33-,34+,35+,36-,37-,38+,39-,40-/m0/s1.